The van der Waals surface area contributed by atoms with Crippen LogP contribution in [0.25, 0.3) is 11.5 Å². The van der Waals surface area contributed by atoms with Crippen molar-refractivity contribution in [1.82, 2.24) is 24.7 Å². The van der Waals surface area contributed by atoms with Gasteiger partial charge >= 0.3 is 0 Å². The molecule has 114 valence electrons. The van der Waals surface area contributed by atoms with Gasteiger partial charge in [0.05, 0.1) is 6.33 Å². The van der Waals surface area contributed by atoms with Crippen molar-refractivity contribution in [3.63, 3.8) is 0 Å². The molecule has 4 rings (SSSR count). The van der Waals surface area contributed by atoms with Gasteiger partial charge in [0.1, 0.15) is 11.9 Å². The third-order valence-electron chi connectivity index (χ3n) is 3.86. The summed E-state index contributed by atoms with van der Waals surface area (Å²) in [6, 6.07) is 0. The van der Waals surface area contributed by atoms with Crippen molar-refractivity contribution in [2.45, 2.75) is 26.0 Å². The van der Waals surface area contributed by atoms with Crippen LogP contribution in [0.2, 0.25) is 0 Å². The molecule has 1 aliphatic heterocycles. The molecule has 3 aromatic rings. The first-order chi connectivity index (χ1) is 10.8. The molecule has 0 spiro atoms. The van der Waals surface area contributed by atoms with E-state index in [-0.39, 0.29) is 12.0 Å². The van der Waals surface area contributed by atoms with Gasteiger partial charge in [-0.15, -0.1) is 0 Å². The molecule has 0 amide bonds. The molecule has 8 heteroatoms. The van der Waals surface area contributed by atoms with Gasteiger partial charge in [0.15, 0.2) is 12.1 Å². The Labute approximate surface area is 126 Å². The zero-order valence-electron chi connectivity index (χ0n) is 12.0. The largest absolute Gasteiger partial charge is 0.448 e. The van der Waals surface area contributed by atoms with Crippen LogP contribution in [0, 0.1) is 12.8 Å². The van der Waals surface area contributed by atoms with Crippen LogP contribution >= 0.6 is 0 Å². The number of hydrogen-bond acceptors (Lipinski definition) is 7. The van der Waals surface area contributed by atoms with Gasteiger partial charge in [-0.2, -0.15) is 4.98 Å². The number of aryl methyl sites for hydroxylation is 1. The fourth-order valence-corrected chi connectivity index (χ4v) is 2.73. The average Bonchev–Trinajstić information content (AvgIpc) is 3.24. The molecule has 22 heavy (non-hydrogen) atoms. The number of ether oxygens (including phenoxy) is 1. The maximum atomic E-state index is 5.79. The number of oxazole rings is 1. The Morgan fingerprint density at radius 2 is 2.36 bits per heavy atom. The third kappa shape index (κ3) is 2.31. The van der Waals surface area contributed by atoms with E-state index < -0.39 is 0 Å². The highest BCUT2D eigenvalue weighted by molar-refractivity contribution is 5.49. The topological polar surface area (TPSA) is 92.0 Å². The Hall–Kier alpha value is -2.48. The summed E-state index contributed by atoms with van der Waals surface area (Å²) >= 11 is 0. The van der Waals surface area contributed by atoms with Crippen LogP contribution < -0.4 is 0 Å². The fourth-order valence-electron chi connectivity index (χ4n) is 2.73. The van der Waals surface area contributed by atoms with Gasteiger partial charge in [0.25, 0.3) is 5.89 Å². The van der Waals surface area contributed by atoms with Crippen molar-refractivity contribution < 1.29 is 13.7 Å². The minimum Gasteiger partial charge on any atom is -0.448 e. The van der Waals surface area contributed by atoms with Gasteiger partial charge in [-0.05, 0) is 13.3 Å². The molecular formula is C14H15N5O3. The number of rotatable bonds is 4. The molecule has 1 fully saturated rings. The van der Waals surface area contributed by atoms with Gasteiger partial charge in [-0.25, -0.2) is 9.97 Å². The minimum atomic E-state index is -0.198. The van der Waals surface area contributed by atoms with Crippen molar-refractivity contribution in [3.05, 3.63) is 36.8 Å². The maximum Gasteiger partial charge on any atom is 0.256 e. The SMILES string of the molecule is Cc1ocnc1-c1noc([C@H]2OCC[C@H]2Cn2ccnc2)n1. The predicted octanol–water partition coefficient (Wildman–Crippen LogP) is 2.01. The highest BCUT2D eigenvalue weighted by atomic mass is 16.5. The molecule has 1 saturated heterocycles. The van der Waals surface area contributed by atoms with Crippen LogP contribution in [0.5, 0.6) is 0 Å². The first-order valence-corrected chi connectivity index (χ1v) is 7.12. The Balaban J connectivity index is 1.56. The minimum absolute atomic E-state index is 0.198. The van der Waals surface area contributed by atoms with E-state index in [4.69, 9.17) is 13.7 Å². The van der Waals surface area contributed by atoms with Crippen molar-refractivity contribution in [2.24, 2.45) is 5.92 Å². The number of imidazole rings is 1. The number of nitrogens with zero attached hydrogens (tertiary/aromatic N) is 5. The molecule has 0 aromatic carbocycles. The zero-order chi connectivity index (χ0) is 14.9. The quantitative estimate of drug-likeness (QED) is 0.727. The molecule has 2 atom stereocenters. The smallest absolute Gasteiger partial charge is 0.256 e. The molecule has 0 bridgehead atoms. The summed E-state index contributed by atoms with van der Waals surface area (Å²) < 4.78 is 18.4. The molecule has 4 heterocycles. The molecule has 0 saturated carbocycles. The van der Waals surface area contributed by atoms with Crippen LogP contribution in [0.4, 0.5) is 0 Å². The molecule has 3 aromatic heterocycles. The second kappa shape index (κ2) is 5.38. The van der Waals surface area contributed by atoms with Gasteiger partial charge in [0, 0.05) is 31.5 Å². The van der Waals surface area contributed by atoms with Crippen LogP contribution in [-0.2, 0) is 11.3 Å². The van der Waals surface area contributed by atoms with E-state index in [0.717, 1.165) is 13.0 Å². The van der Waals surface area contributed by atoms with Gasteiger partial charge in [0.2, 0.25) is 5.82 Å². The van der Waals surface area contributed by atoms with Gasteiger partial charge in [-0.3, -0.25) is 0 Å². The monoisotopic (exact) mass is 301 g/mol. The van der Waals surface area contributed by atoms with Crippen LogP contribution in [0.1, 0.15) is 24.2 Å². The van der Waals surface area contributed by atoms with Crippen molar-refractivity contribution in [2.75, 3.05) is 6.61 Å². The molecule has 0 unspecified atom stereocenters. The van der Waals surface area contributed by atoms with E-state index >= 15 is 0 Å². The summed E-state index contributed by atoms with van der Waals surface area (Å²) in [7, 11) is 0. The summed E-state index contributed by atoms with van der Waals surface area (Å²) in [5.74, 6) is 1.86. The lowest BCUT2D eigenvalue weighted by Crippen LogP contribution is -2.14. The summed E-state index contributed by atoms with van der Waals surface area (Å²) in [6.45, 7) is 3.31. The average molecular weight is 301 g/mol. The summed E-state index contributed by atoms with van der Waals surface area (Å²) in [6.07, 6.45) is 7.62. The van der Waals surface area contributed by atoms with Crippen molar-refractivity contribution in [3.8, 4) is 11.5 Å². The maximum absolute atomic E-state index is 5.79. The highest BCUT2D eigenvalue weighted by Crippen LogP contribution is 2.35. The fraction of sp³-hybridized carbons (Fsp3) is 0.429. The Kier molecular flexibility index (Phi) is 3.23. The van der Waals surface area contributed by atoms with E-state index in [0.29, 0.717) is 29.8 Å². The van der Waals surface area contributed by atoms with E-state index in [1.54, 1.807) is 12.5 Å². The first kappa shape index (κ1) is 13.2. The van der Waals surface area contributed by atoms with Crippen LogP contribution in [0.3, 0.4) is 0 Å². The Morgan fingerprint density at radius 3 is 3.14 bits per heavy atom. The Morgan fingerprint density at radius 1 is 1.41 bits per heavy atom. The van der Waals surface area contributed by atoms with Crippen LogP contribution in [-0.4, -0.2) is 31.3 Å². The number of hydrogen-bond donors (Lipinski definition) is 0. The van der Waals surface area contributed by atoms with Crippen molar-refractivity contribution >= 4 is 0 Å². The number of aromatic nitrogens is 5. The molecular weight excluding hydrogens is 286 g/mol. The second-order valence-electron chi connectivity index (χ2n) is 5.31. The first-order valence-electron chi connectivity index (χ1n) is 7.12. The summed E-state index contributed by atoms with van der Waals surface area (Å²) in [4.78, 5) is 12.6. The van der Waals surface area contributed by atoms with E-state index in [1.165, 1.54) is 6.39 Å². The molecule has 0 N–H and O–H groups in total. The van der Waals surface area contributed by atoms with Crippen molar-refractivity contribution in [1.29, 1.82) is 0 Å². The molecule has 1 aliphatic rings. The lowest BCUT2D eigenvalue weighted by molar-refractivity contribution is 0.0587. The highest BCUT2D eigenvalue weighted by Gasteiger charge is 2.34. The van der Waals surface area contributed by atoms with E-state index in [9.17, 15) is 0 Å². The molecule has 8 nitrogen and oxygen atoms in total. The van der Waals surface area contributed by atoms with Gasteiger partial charge < -0.3 is 18.2 Å². The molecule has 0 aliphatic carbocycles. The lowest BCUT2D eigenvalue weighted by Gasteiger charge is -2.14. The van der Waals surface area contributed by atoms with E-state index in [2.05, 4.69) is 20.1 Å². The normalized spacial score (nSPS) is 21.5. The van der Waals surface area contributed by atoms with E-state index in [1.807, 2.05) is 17.7 Å². The standard InChI is InChI=1S/C14H15N5O3/c1-9-11(16-8-21-9)13-17-14(22-18-13)12-10(2-5-20-12)6-19-4-3-15-7-19/h3-4,7-8,10,12H,2,5-6H2,1H3/t10-,12-/m0/s1. The zero-order valence-corrected chi connectivity index (χ0v) is 12.0. The summed E-state index contributed by atoms with van der Waals surface area (Å²) in [5.41, 5.74) is 0.596. The second-order valence-corrected chi connectivity index (χ2v) is 5.31. The van der Waals surface area contributed by atoms with Gasteiger partial charge in [-0.1, -0.05) is 5.16 Å². The third-order valence-corrected chi connectivity index (χ3v) is 3.86. The Bertz CT molecular complexity index is 748. The predicted molar refractivity (Wildman–Crippen MR) is 73.6 cm³/mol. The molecule has 0 radical (unpaired) electrons. The summed E-state index contributed by atoms with van der Waals surface area (Å²) in [5, 5.41) is 3.99. The lowest BCUT2D eigenvalue weighted by atomic mass is 10.0. The van der Waals surface area contributed by atoms with Crippen LogP contribution in [0.15, 0.2) is 34.1 Å².